The summed E-state index contributed by atoms with van der Waals surface area (Å²) in [6, 6.07) is 17.2. The molecule has 3 aromatic rings. The summed E-state index contributed by atoms with van der Waals surface area (Å²) in [6.07, 6.45) is 1.48. The zero-order chi connectivity index (χ0) is 19.2. The third-order valence-corrected chi connectivity index (χ3v) is 3.70. The Bertz CT molecular complexity index is 1060. The largest absolute Gasteiger partial charge is 0.488 e. The molecule has 9 heteroatoms. The van der Waals surface area contributed by atoms with Gasteiger partial charge >= 0.3 is 7.12 Å². The molecule has 0 bridgehead atoms. The molecule has 2 aromatic carbocycles. The monoisotopic (exact) mass is 359 g/mol. The van der Waals surface area contributed by atoms with E-state index in [1.54, 1.807) is 48.5 Å². The summed E-state index contributed by atoms with van der Waals surface area (Å²) in [6.45, 7) is 0. The second-order valence-electron chi connectivity index (χ2n) is 5.53. The Morgan fingerprint density at radius 1 is 1.15 bits per heavy atom. The van der Waals surface area contributed by atoms with Gasteiger partial charge in [-0.15, -0.1) is 0 Å². The van der Waals surface area contributed by atoms with Crippen LogP contribution >= 0.6 is 0 Å². The average Bonchev–Trinajstić information content (AvgIpc) is 2.68. The maximum Gasteiger partial charge on any atom is 0.488 e. The highest BCUT2D eigenvalue weighted by Crippen LogP contribution is 2.19. The fourth-order valence-electron chi connectivity index (χ4n) is 2.36. The van der Waals surface area contributed by atoms with Gasteiger partial charge in [-0.1, -0.05) is 54.6 Å². The molecular formula is C18H14BN5O3. The SMILES string of the molecule is N#Cc1c(-c2ccccc2)nc(NN=Cc2ccc(B(O)O)cc2)[nH]c1=O. The van der Waals surface area contributed by atoms with E-state index >= 15 is 0 Å². The van der Waals surface area contributed by atoms with Crippen LogP contribution in [-0.2, 0) is 0 Å². The third-order valence-electron chi connectivity index (χ3n) is 3.70. The topological polar surface area (TPSA) is 134 Å². The van der Waals surface area contributed by atoms with Gasteiger partial charge in [0, 0.05) is 5.56 Å². The van der Waals surface area contributed by atoms with Crippen LogP contribution in [0.2, 0.25) is 0 Å². The molecule has 1 aromatic heterocycles. The van der Waals surface area contributed by atoms with Crippen molar-refractivity contribution in [1.82, 2.24) is 9.97 Å². The summed E-state index contributed by atoms with van der Waals surface area (Å²) in [5.41, 5.74) is 3.96. The molecule has 0 unspecified atom stereocenters. The maximum absolute atomic E-state index is 12.1. The number of benzene rings is 2. The summed E-state index contributed by atoms with van der Waals surface area (Å²) in [7, 11) is -1.53. The lowest BCUT2D eigenvalue weighted by Gasteiger charge is -2.06. The smallest absolute Gasteiger partial charge is 0.423 e. The van der Waals surface area contributed by atoms with E-state index in [2.05, 4.69) is 20.5 Å². The van der Waals surface area contributed by atoms with Crippen molar-refractivity contribution in [2.45, 2.75) is 0 Å². The number of nitrogens with one attached hydrogen (secondary N) is 2. The van der Waals surface area contributed by atoms with E-state index in [0.29, 0.717) is 16.6 Å². The van der Waals surface area contributed by atoms with Crippen molar-refractivity contribution in [3.63, 3.8) is 0 Å². The molecule has 132 valence electrons. The molecular weight excluding hydrogens is 345 g/mol. The van der Waals surface area contributed by atoms with Crippen LogP contribution < -0.4 is 16.4 Å². The third kappa shape index (κ3) is 4.27. The molecule has 0 radical (unpaired) electrons. The quantitative estimate of drug-likeness (QED) is 0.297. The highest BCUT2D eigenvalue weighted by atomic mass is 16.4. The Hall–Kier alpha value is -3.74. The van der Waals surface area contributed by atoms with Crippen LogP contribution in [0.3, 0.4) is 0 Å². The minimum absolute atomic E-state index is 0.0751. The second kappa shape index (κ2) is 8.10. The molecule has 0 saturated carbocycles. The molecule has 0 aliphatic rings. The van der Waals surface area contributed by atoms with Gasteiger partial charge in [0.1, 0.15) is 11.6 Å². The van der Waals surface area contributed by atoms with E-state index in [0.717, 1.165) is 0 Å². The van der Waals surface area contributed by atoms with Crippen molar-refractivity contribution < 1.29 is 10.0 Å². The van der Waals surface area contributed by atoms with Gasteiger partial charge < -0.3 is 10.0 Å². The zero-order valence-electron chi connectivity index (χ0n) is 14.0. The molecule has 1 heterocycles. The molecule has 0 atom stereocenters. The summed E-state index contributed by atoms with van der Waals surface area (Å²) >= 11 is 0. The number of H-pyrrole nitrogens is 1. The van der Waals surface area contributed by atoms with Gasteiger partial charge in [0.25, 0.3) is 5.56 Å². The van der Waals surface area contributed by atoms with Crippen LogP contribution in [0, 0.1) is 11.3 Å². The first-order chi connectivity index (χ1) is 13.1. The van der Waals surface area contributed by atoms with Gasteiger partial charge in [-0.25, -0.2) is 10.4 Å². The molecule has 0 saturated heterocycles. The molecule has 0 fully saturated rings. The lowest BCUT2D eigenvalue weighted by Crippen LogP contribution is -2.29. The number of hydrogen-bond donors (Lipinski definition) is 4. The Morgan fingerprint density at radius 3 is 2.48 bits per heavy atom. The fraction of sp³-hybridized carbons (Fsp3) is 0. The maximum atomic E-state index is 12.1. The highest BCUT2D eigenvalue weighted by Gasteiger charge is 2.13. The van der Waals surface area contributed by atoms with Crippen molar-refractivity contribution in [2.75, 3.05) is 5.43 Å². The predicted molar refractivity (Wildman–Crippen MR) is 102 cm³/mol. The van der Waals surface area contributed by atoms with Crippen molar-refractivity contribution in [3.05, 3.63) is 76.1 Å². The predicted octanol–water partition coefficient (Wildman–Crippen LogP) is 0.434. The summed E-state index contributed by atoms with van der Waals surface area (Å²) in [4.78, 5) is 18.9. The van der Waals surface area contributed by atoms with Crippen LogP contribution in [0.1, 0.15) is 11.1 Å². The van der Waals surface area contributed by atoms with Gasteiger partial charge in [-0.3, -0.25) is 9.78 Å². The second-order valence-corrected chi connectivity index (χ2v) is 5.53. The van der Waals surface area contributed by atoms with E-state index < -0.39 is 12.7 Å². The molecule has 0 aliphatic heterocycles. The van der Waals surface area contributed by atoms with Crippen LogP contribution in [0.15, 0.2) is 64.5 Å². The van der Waals surface area contributed by atoms with Gasteiger partial charge in [-0.05, 0) is 11.0 Å². The Balaban J connectivity index is 1.84. The van der Waals surface area contributed by atoms with Crippen LogP contribution in [0.4, 0.5) is 5.95 Å². The van der Waals surface area contributed by atoms with Crippen molar-refractivity contribution >= 4 is 24.7 Å². The minimum Gasteiger partial charge on any atom is -0.423 e. The van der Waals surface area contributed by atoms with E-state index in [1.807, 2.05) is 12.1 Å². The average molecular weight is 359 g/mol. The molecule has 3 rings (SSSR count). The van der Waals surface area contributed by atoms with E-state index in [-0.39, 0.29) is 17.2 Å². The van der Waals surface area contributed by atoms with Crippen molar-refractivity contribution in [2.24, 2.45) is 5.10 Å². The standard InChI is InChI=1S/C18H14BN5O3/c20-10-15-16(13-4-2-1-3-5-13)22-18(23-17(15)25)24-21-11-12-6-8-14(9-7-12)19(26)27/h1-9,11,26-27H,(H2,22,23,24,25). The molecule has 4 N–H and O–H groups in total. The van der Waals surface area contributed by atoms with Gasteiger partial charge in [0.05, 0.1) is 11.9 Å². The Labute approximate surface area is 154 Å². The first-order valence-corrected chi connectivity index (χ1v) is 7.93. The van der Waals surface area contributed by atoms with E-state index in [1.165, 1.54) is 6.21 Å². The number of aromatic amines is 1. The van der Waals surface area contributed by atoms with Crippen LogP contribution in [0.25, 0.3) is 11.3 Å². The van der Waals surface area contributed by atoms with E-state index in [4.69, 9.17) is 10.0 Å². The molecule has 0 amide bonds. The zero-order valence-corrected chi connectivity index (χ0v) is 14.0. The molecule has 0 spiro atoms. The number of aromatic nitrogens is 2. The number of anilines is 1. The van der Waals surface area contributed by atoms with Gasteiger partial charge in [-0.2, -0.15) is 10.4 Å². The summed E-state index contributed by atoms with van der Waals surface area (Å²) in [5, 5.41) is 31.4. The molecule has 27 heavy (non-hydrogen) atoms. The van der Waals surface area contributed by atoms with Crippen LogP contribution in [0.5, 0.6) is 0 Å². The lowest BCUT2D eigenvalue weighted by atomic mass is 9.80. The normalized spacial score (nSPS) is 10.6. The Kier molecular flexibility index (Phi) is 5.42. The van der Waals surface area contributed by atoms with Gasteiger partial charge in [0.2, 0.25) is 5.95 Å². The fourth-order valence-corrected chi connectivity index (χ4v) is 2.36. The lowest BCUT2D eigenvalue weighted by molar-refractivity contribution is 0.426. The minimum atomic E-state index is -1.53. The Morgan fingerprint density at radius 2 is 1.85 bits per heavy atom. The van der Waals surface area contributed by atoms with Crippen LogP contribution in [-0.4, -0.2) is 33.3 Å². The first kappa shape index (κ1) is 18.1. The molecule has 0 aliphatic carbocycles. The highest BCUT2D eigenvalue weighted by molar-refractivity contribution is 6.58. The van der Waals surface area contributed by atoms with E-state index in [9.17, 15) is 10.1 Å². The first-order valence-electron chi connectivity index (χ1n) is 7.93. The van der Waals surface area contributed by atoms with Crippen molar-refractivity contribution in [1.29, 1.82) is 5.26 Å². The number of rotatable bonds is 5. The van der Waals surface area contributed by atoms with Gasteiger partial charge in [0.15, 0.2) is 0 Å². The number of nitriles is 1. The number of hydrazone groups is 1. The summed E-state index contributed by atoms with van der Waals surface area (Å²) in [5.74, 6) is 0.0940. The number of nitrogens with zero attached hydrogens (tertiary/aromatic N) is 3. The summed E-state index contributed by atoms with van der Waals surface area (Å²) < 4.78 is 0. The molecule has 8 nitrogen and oxygen atoms in total. The van der Waals surface area contributed by atoms with Crippen molar-refractivity contribution in [3.8, 4) is 17.3 Å². The number of hydrogen-bond acceptors (Lipinski definition) is 7.